The Kier molecular flexibility index (Phi) is 4.28. The minimum Gasteiger partial charge on any atom is -0.469 e. The molecule has 0 aromatic carbocycles. The van der Waals surface area contributed by atoms with E-state index >= 15 is 0 Å². The molecule has 1 aromatic rings. The fourth-order valence-corrected chi connectivity index (χ4v) is 1.34. The van der Waals surface area contributed by atoms with Gasteiger partial charge in [-0.3, -0.25) is 4.79 Å². The summed E-state index contributed by atoms with van der Waals surface area (Å²) in [6, 6.07) is 0.659. The van der Waals surface area contributed by atoms with E-state index in [0.717, 1.165) is 7.11 Å². The minimum atomic E-state index is -4.99. The standard InChI is InChI=1S/C10H9F5N2O2/c1-19-6(18)3-4-2-5(9(11)12)7(16)8(17-4)10(13,14)15/h2,9H,3,16H2,1H3. The molecule has 0 radical (unpaired) electrons. The number of alkyl halides is 5. The van der Waals surface area contributed by atoms with Gasteiger partial charge in [0.15, 0.2) is 5.69 Å². The molecule has 1 aromatic heterocycles. The highest BCUT2D eigenvalue weighted by Gasteiger charge is 2.37. The number of aromatic nitrogens is 1. The van der Waals surface area contributed by atoms with Gasteiger partial charge in [-0.05, 0) is 6.07 Å². The number of esters is 1. The van der Waals surface area contributed by atoms with Gasteiger partial charge < -0.3 is 10.5 Å². The van der Waals surface area contributed by atoms with Gasteiger partial charge in [0.2, 0.25) is 0 Å². The normalized spacial score (nSPS) is 11.7. The zero-order chi connectivity index (χ0) is 14.8. The first-order valence-corrected chi connectivity index (χ1v) is 4.88. The molecule has 0 aliphatic rings. The molecule has 0 spiro atoms. The summed E-state index contributed by atoms with van der Waals surface area (Å²) >= 11 is 0. The fourth-order valence-electron chi connectivity index (χ4n) is 1.34. The van der Waals surface area contributed by atoms with E-state index in [2.05, 4.69) is 9.72 Å². The molecule has 0 fully saturated rings. The van der Waals surface area contributed by atoms with Crippen molar-refractivity contribution in [3.63, 3.8) is 0 Å². The van der Waals surface area contributed by atoms with Crippen LogP contribution in [0.25, 0.3) is 0 Å². The number of carbonyl (C=O) groups excluding carboxylic acids is 1. The van der Waals surface area contributed by atoms with Crippen molar-refractivity contribution < 1.29 is 31.5 Å². The van der Waals surface area contributed by atoms with Crippen molar-refractivity contribution in [3.8, 4) is 0 Å². The quantitative estimate of drug-likeness (QED) is 0.683. The smallest absolute Gasteiger partial charge is 0.435 e. The summed E-state index contributed by atoms with van der Waals surface area (Å²) in [6.07, 6.45) is -8.85. The van der Waals surface area contributed by atoms with E-state index in [0.29, 0.717) is 6.07 Å². The second-order valence-electron chi connectivity index (χ2n) is 3.52. The highest BCUT2D eigenvalue weighted by atomic mass is 19.4. The Labute approximate surface area is 104 Å². The number of ether oxygens (including phenoxy) is 1. The molecule has 19 heavy (non-hydrogen) atoms. The van der Waals surface area contributed by atoms with Crippen molar-refractivity contribution in [1.29, 1.82) is 0 Å². The Bertz CT molecular complexity index is 488. The predicted molar refractivity (Wildman–Crippen MR) is 54.3 cm³/mol. The van der Waals surface area contributed by atoms with Crippen LogP contribution in [0.15, 0.2) is 6.07 Å². The van der Waals surface area contributed by atoms with E-state index in [1.54, 1.807) is 0 Å². The maximum Gasteiger partial charge on any atom is 0.435 e. The van der Waals surface area contributed by atoms with Crippen molar-refractivity contribution in [2.45, 2.75) is 19.0 Å². The van der Waals surface area contributed by atoms with Crippen LogP contribution in [0.3, 0.4) is 0 Å². The van der Waals surface area contributed by atoms with E-state index in [-0.39, 0.29) is 0 Å². The van der Waals surface area contributed by atoms with Gasteiger partial charge in [0, 0.05) is 5.56 Å². The lowest BCUT2D eigenvalue weighted by Gasteiger charge is -2.14. The van der Waals surface area contributed by atoms with Crippen molar-refractivity contribution in [1.82, 2.24) is 4.98 Å². The zero-order valence-corrected chi connectivity index (χ0v) is 9.59. The zero-order valence-electron chi connectivity index (χ0n) is 9.59. The van der Waals surface area contributed by atoms with Crippen LogP contribution in [-0.4, -0.2) is 18.1 Å². The molecule has 0 bridgehead atoms. The molecule has 9 heteroatoms. The Morgan fingerprint density at radius 3 is 2.47 bits per heavy atom. The lowest BCUT2D eigenvalue weighted by Crippen LogP contribution is -2.17. The van der Waals surface area contributed by atoms with Crippen molar-refractivity contribution in [3.05, 3.63) is 23.0 Å². The maximum atomic E-state index is 12.6. The number of nitrogen functional groups attached to an aromatic ring is 1. The van der Waals surface area contributed by atoms with E-state index < -0.39 is 47.6 Å². The van der Waals surface area contributed by atoms with Crippen LogP contribution in [0.2, 0.25) is 0 Å². The molecule has 106 valence electrons. The number of carbonyl (C=O) groups is 1. The molecule has 0 saturated heterocycles. The lowest BCUT2D eigenvalue weighted by atomic mass is 10.1. The fraction of sp³-hybridized carbons (Fsp3) is 0.400. The number of methoxy groups -OCH3 is 1. The summed E-state index contributed by atoms with van der Waals surface area (Å²) in [7, 11) is 1.01. The Hall–Kier alpha value is -1.93. The molecule has 0 unspecified atom stereocenters. The lowest BCUT2D eigenvalue weighted by molar-refractivity contribution is -0.142. The van der Waals surface area contributed by atoms with Crippen molar-refractivity contribution >= 4 is 11.7 Å². The number of nitrogens with zero attached hydrogens (tertiary/aromatic N) is 1. The number of anilines is 1. The van der Waals surface area contributed by atoms with Gasteiger partial charge in [-0.1, -0.05) is 0 Å². The van der Waals surface area contributed by atoms with E-state index in [1.165, 1.54) is 0 Å². The summed E-state index contributed by atoms with van der Waals surface area (Å²) in [6.45, 7) is 0. The summed E-state index contributed by atoms with van der Waals surface area (Å²) in [5, 5.41) is 0. The third-order valence-electron chi connectivity index (χ3n) is 2.20. The maximum absolute atomic E-state index is 12.6. The van der Waals surface area contributed by atoms with E-state index in [4.69, 9.17) is 5.73 Å². The summed E-state index contributed by atoms with van der Waals surface area (Å²) < 4.78 is 67.2. The van der Waals surface area contributed by atoms with Crippen molar-refractivity contribution in [2.75, 3.05) is 12.8 Å². The molecule has 0 amide bonds. The predicted octanol–water partition coefficient (Wildman–Crippen LogP) is 2.34. The van der Waals surface area contributed by atoms with Crippen molar-refractivity contribution in [2.24, 2.45) is 0 Å². The highest BCUT2D eigenvalue weighted by molar-refractivity contribution is 5.72. The number of halogens is 5. The average Bonchev–Trinajstić information content (AvgIpc) is 2.29. The van der Waals surface area contributed by atoms with Crippen LogP contribution in [0.1, 0.15) is 23.4 Å². The molecule has 1 rings (SSSR count). The van der Waals surface area contributed by atoms with Crippen LogP contribution >= 0.6 is 0 Å². The van der Waals surface area contributed by atoms with Crippen LogP contribution in [0.4, 0.5) is 27.6 Å². The summed E-state index contributed by atoms with van der Waals surface area (Å²) in [4.78, 5) is 14.0. The van der Waals surface area contributed by atoms with Crippen LogP contribution in [-0.2, 0) is 22.1 Å². The highest BCUT2D eigenvalue weighted by Crippen LogP contribution is 2.37. The first-order chi connectivity index (χ1) is 8.66. The number of nitrogens with two attached hydrogens (primary N) is 1. The Morgan fingerprint density at radius 2 is 2.05 bits per heavy atom. The molecule has 0 aliphatic heterocycles. The van der Waals surface area contributed by atoms with Gasteiger partial charge in [-0.15, -0.1) is 0 Å². The number of rotatable bonds is 3. The second kappa shape index (κ2) is 5.37. The minimum absolute atomic E-state index is 0.483. The van der Waals surface area contributed by atoms with Gasteiger partial charge >= 0.3 is 12.1 Å². The number of hydrogen-bond donors (Lipinski definition) is 1. The topological polar surface area (TPSA) is 65.2 Å². The first kappa shape index (κ1) is 15.1. The first-order valence-electron chi connectivity index (χ1n) is 4.88. The largest absolute Gasteiger partial charge is 0.469 e. The molecular formula is C10H9F5N2O2. The van der Waals surface area contributed by atoms with Crippen LogP contribution in [0.5, 0.6) is 0 Å². The summed E-state index contributed by atoms with van der Waals surface area (Å²) in [5.41, 5.74) is 0.751. The molecule has 0 aliphatic carbocycles. The molecule has 2 N–H and O–H groups in total. The van der Waals surface area contributed by atoms with Crippen LogP contribution in [0, 0.1) is 0 Å². The average molecular weight is 284 g/mol. The van der Waals surface area contributed by atoms with Crippen LogP contribution < -0.4 is 5.73 Å². The van der Waals surface area contributed by atoms with Gasteiger partial charge in [-0.2, -0.15) is 13.2 Å². The molecule has 0 atom stereocenters. The molecular weight excluding hydrogens is 275 g/mol. The number of pyridine rings is 1. The monoisotopic (exact) mass is 284 g/mol. The third-order valence-corrected chi connectivity index (χ3v) is 2.20. The number of hydrogen-bond acceptors (Lipinski definition) is 4. The summed E-state index contributed by atoms with van der Waals surface area (Å²) in [5.74, 6) is -0.898. The van der Waals surface area contributed by atoms with Gasteiger partial charge in [0.05, 0.1) is 24.9 Å². The SMILES string of the molecule is COC(=O)Cc1cc(C(F)F)c(N)c(C(F)(F)F)n1. The van der Waals surface area contributed by atoms with Gasteiger partial charge in [0.25, 0.3) is 6.43 Å². The third kappa shape index (κ3) is 3.52. The molecule has 0 saturated carbocycles. The van der Waals surface area contributed by atoms with E-state index in [9.17, 15) is 26.7 Å². The second-order valence-corrected chi connectivity index (χ2v) is 3.52. The molecule has 4 nitrogen and oxygen atoms in total. The Balaban J connectivity index is 3.35. The van der Waals surface area contributed by atoms with Gasteiger partial charge in [-0.25, -0.2) is 13.8 Å². The van der Waals surface area contributed by atoms with Gasteiger partial charge in [0.1, 0.15) is 0 Å². The Morgan fingerprint density at radius 1 is 1.47 bits per heavy atom. The molecule has 1 heterocycles. The van der Waals surface area contributed by atoms with E-state index in [1.807, 2.05) is 0 Å².